The molecule has 0 amide bonds. The summed E-state index contributed by atoms with van der Waals surface area (Å²) in [6.07, 6.45) is 1.07. The van der Waals surface area contributed by atoms with Crippen molar-refractivity contribution >= 4 is 12.6 Å². The van der Waals surface area contributed by atoms with Gasteiger partial charge in [0.2, 0.25) is 0 Å². The van der Waals surface area contributed by atoms with E-state index in [1.807, 2.05) is 20.9 Å². The molecule has 0 spiro atoms. The van der Waals surface area contributed by atoms with Crippen molar-refractivity contribution in [1.29, 1.82) is 0 Å². The largest absolute Gasteiger partial charge is 0.394 e. The number of rotatable bonds is 5. The van der Waals surface area contributed by atoms with Crippen molar-refractivity contribution in [3.8, 4) is 0 Å². The van der Waals surface area contributed by atoms with Crippen LogP contribution in [0, 0.1) is 0 Å². The molecule has 68 valence electrons. The predicted octanol–water partition coefficient (Wildman–Crippen LogP) is 1.01. The van der Waals surface area contributed by atoms with Crippen LogP contribution in [0.15, 0.2) is 0 Å². The molecular formula is C8H19NOS. The van der Waals surface area contributed by atoms with E-state index in [-0.39, 0.29) is 12.1 Å². The zero-order chi connectivity index (χ0) is 8.91. The Labute approximate surface area is 75.0 Å². The fourth-order valence-electron chi connectivity index (χ4n) is 0.731. The summed E-state index contributed by atoms with van der Waals surface area (Å²) in [6.45, 7) is 5.27. The number of hydrogen-bond acceptors (Lipinski definition) is 3. The van der Waals surface area contributed by atoms with Gasteiger partial charge in [-0.1, -0.05) is 0 Å². The Morgan fingerprint density at radius 3 is 2.36 bits per heavy atom. The predicted molar refractivity (Wildman–Crippen MR) is 52.3 cm³/mol. The van der Waals surface area contributed by atoms with E-state index in [1.54, 1.807) is 0 Å². The lowest BCUT2D eigenvalue weighted by molar-refractivity contribution is 0.0795. The van der Waals surface area contributed by atoms with Gasteiger partial charge in [-0.3, -0.25) is 4.90 Å². The number of likely N-dealkylation sites (N-methyl/N-ethyl adjacent to an activating group) is 1. The van der Waals surface area contributed by atoms with Crippen molar-refractivity contribution in [3.05, 3.63) is 0 Å². The van der Waals surface area contributed by atoms with Gasteiger partial charge in [-0.25, -0.2) is 0 Å². The second-order valence-corrected chi connectivity index (χ2v) is 3.92. The first-order valence-corrected chi connectivity index (χ1v) is 4.61. The molecule has 11 heavy (non-hydrogen) atoms. The molecule has 0 saturated carbocycles. The van der Waals surface area contributed by atoms with Crippen LogP contribution < -0.4 is 0 Å². The van der Waals surface area contributed by atoms with Gasteiger partial charge in [0.15, 0.2) is 0 Å². The summed E-state index contributed by atoms with van der Waals surface area (Å²) in [5.41, 5.74) is -0.0943. The molecule has 0 aromatic rings. The Morgan fingerprint density at radius 1 is 1.45 bits per heavy atom. The van der Waals surface area contributed by atoms with Crippen LogP contribution in [0.1, 0.15) is 20.3 Å². The first kappa shape index (κ1) is 11.3. The van der Waals surface area contributed by atoms with Crippen molar-refractivity contribution in [2.45, 2.75) is 25.8 Å². The molecule has 0 radical (unpaired) electrons. The van der Waals surface area contributed by atoms with Gasteiger partial charge < -0.3 is 5.11 Å². The van der Waals surface area contributed by atoms with Crippen LogP contribution in [0.4, 0.5) is 0 Å². The Balaban J connectivity index is 3.71. The Kier molecular flexibility index (Phi) is 5.13. The Morgan fingerprint density at radius 2 is 2.00 bits per heavy atom. The van der Waals surface area contributed by atoms with Gasteiger partial charge in [0.25, 0.3) is 0 Å². The molecule has 0 aliphatic rings. The van der Waals surface area contributed by atoms with E-state index in [0.29, 0.717) is 0 Å². The monoisotopic (exact) mass is 177 g/mol. The minimum absolute atomic E-state index is 0.0943. The van der Waals surface area contributed by atoms with Gasteiger partial charge >= 0.3 is 0 Å². The van der Waals surface area contributed by atoms with E-state index >= 15 is 0 Å². The average Bonchev–Trinajstić information content (AvgIpc) is 2.00. The van der Waals surface area contributed by atoms with Gasteiger partial charge in [-0.05, 0) is 39.6 Å². The topological polar surface area (TPSA) is 23.5 Å². The molecule has 0 rings (SSSR count). The third-order valence-electron chi connectivity index (χ3n) is 2.07. The van der Waals surface area contributed by atoms with Gasteiger partial charge in [0.05, 0.1) is 6.61 Å². The highest BCUT2D eigenvalue weighted by Crippen LogP contribution is 2.10. The number of hydrogen-bond donors (Lipinski definition) is 2. The molecule has 3 heteroatoms. The third-order valence-corrected chi connectivity index (χ3v) is 2.39. The second-order valence-electron chi connectivity index (χ2n) is 3.47. The molecule has 0 bridgehead atoms. The van der Waals surface area contributed by atoms with Crippen LogP contribution in [0.2, 0.25) is 0 Å². The Hall–Kier alpha value is 0.270. The first-order chi connectivity index (χ1) is 5.04. The fraction of sp³-hybridized carbons (Fsp3) is 1.00. The lowest BCUT2D eigenvalue weighted by Crippen LogP contribution is -2.44. The molecule has 0 aliphatic heterocycles. The van der Waals surface area contributed by atoms with E-state index in [1.165, 1.54) is 0 Å². The number of aliphatic hydroxyl groups excluding tert-OH is 1. The van der Waals surface area contributed by atoms with Gasteiger partial charge in [0.1, 0.15) is 0 Å². The maximum atomic E-state index is 9.00. The molecular weight excluding hydrogens is 158 g/mol. The second kappa shape index (κ2) is 5.01. The zero-order valence-electron chi connectivity index (χ0n) is 7.67. The van der Waals surface area contributed by atoms with Crippen LogP contribution in [-0.2, 0) is 0 Å². The minimum Gasteiger partial charge on any atom is -0.394 e. The van der Waals surface area contributed by atoms with E-state index in [0.717, 1.165) is 18.7 Å². The summed E-state index contributed by atoms with van der Waals surface area (Å²) in [4.78, 5) is 2.16. The highest BCUT2D eigenvalue weighted by molar-refractivity contribution is 7.80. The zero-order valence-corrected chi connectivity index (χ0v) is 8.56. The fourth-order valence-corrected chi connectivity index (χ4v) is 0.873. The quantitative estimate of drug-likeness (QED) is 0.612. The molecule has 0 aliphatic carbocycles. The SMILES string of the molecule is CN(CCCS)C(C)(C)CO. The summed E-state index contributed by atoms with van der Waals surface area (Å²) in [5.74, 6) is 0.909. The first-order valence-electron chi connectivity index (χ1n) is 3.97. The normalized spacial score (nSPS) is 12.5. The molecule has 0 fully saturated rings. The van der Waals surface area contributed by atoms with Crippen LogP contribution in [0.3, 0.4) is 0 Å². The highest BCUT2D eigenvalue weighted by Gasteiger charge is 2.21. The van der Waals surface area contributed by atoms with Gasteiger partial charge in [-0.2, -0.15) is 12.6 Å². The maximum absolute atomic E-state index is 9.00. The molecule has 0 atom stereocenters. The molecule has 0 aromatic heterocycles. The van der Waals surface area contributed by atoms with E-state index in [2.05, 4.69) is 17.5 Å². The smallest absolute Gasteiger partial charge is 0.0609 e. The van der Waals surface area contributed by atoms with Crippen molar-refractivity contribution < 1.29 is 5.11 Å². The lowest BCUT2D eigenvalue weighted by atomic mass is 10.1. The van der Waals surface area contributed by atoms with Crippen LogP contribution in [0.25, 0.3) is 0 Å². The standard InChI is InChI=1S/C8H19NOS/c1-8(2,7-10)9(3)5-4-6-11/h10-11H,4-7H2,1-3H3. The average molecular weight is 177 g/mol. The van der Waals surface area contributed by atoms with Crippen LogP contribution >= 0.6 is 12.6 Å². The summed E-state index contributed by atoms with van der Waals surface area (Å²) in [7, 11) is 2.03. The van der Waals surface area contributed by atoms with Crippen molar-refractivity contribution in [3.63, 3.8) is 0 Å². The van der Waals surface area contributed by atoms with Gasteiger partial charge in [-0.15, -0.1) is 0 Å². The van der Waals surface area contributed by atoms with Crippen molar-refractivity contribution in [2.75, 3.05) is 26.0 Å². The number of nitrogens with zero attached hydrogens (tertiary/aromatic N) is 1. The summed E-state index contributed by atoms with van der Waals surface area (Å²) >= 11 is 4.13. The summed E-state index contributed by atoms with van der Waals surface area (Å²) < 4.78 is 0. The lowest BCUT2D eigenvalue weighted by Gasteiger charge is -2.33. The number of aliphatic hydroxyl groups is 1. The highest BCUT2D eigenvalue weighted by atomic mass is 32.1. The maximum Gasteiger partial charge on any atom is 0.0609 e. The number of thiol groups is 1. The van der Waals surface area contributed by atoms with E-state index < -0.39 is 0 Å². The summed E-state index contributed by atoms with van der Waals surface area (Å²) in [6, 6.07) is 0. The minimum atomic E-state index is -0.0943. The summed E-state index contributed by atoms with van der Waals surface area (Å²) in [5, 5.41) is 9.00. The molecule has 0 heterocycles. The van der Waals surface area contributed by atoms with E-state index in [4.69, 9.17) is 5.11 Å². The van der Waals surface area contributed by atoms with Crippen molar-refractivity contribution in [1.82, 2.24) is 4.90 Å². The molecule has 2 nitrogen and oxygen atoms in total. The molecule has 0 saturated heterocycles. The van der Waals surface area contributed by atoms with Crippen LogP contribution in [-0.4, -0.2) is 41.5 Å². The Bertz CT molecular complexity index is 106. The van der Waals surface area contributed by atoms with Crippen molar-refractivity contribution in [2.24, 2.45) is 0 Å². The van der Waals surface area contributed by atoms with E-state index in [9.17, 15) is 0 Å². The molecule has 0 aromatic carbocycles. The van der Waals surface area contributed by atoms with Gasteiger partial charge in [0, 0.05) is 5.54 Å². The molecule has 1 N–H and O–H groups in total. The van der Waals surface area contributed by atoms with Crippen LogP contribution in [0.5, 0.6) is 0 Å². The third kappa shape index (κ3) is 3.99. The molecule has 0 unspecified atom stereocenters.